The first-order valence-electron chi connectivity index (χ1n) is 8.08. The Balaban J connectivity index is 1.59. The van der Waals surface area contributed by atoms with Crippen molar-refractivity contribution in [3.05, 3.63) is 59.1 Å². The minimum absolute atomic E-state index is 0.0921. The molecule has 5 heteroatoms. The summed E-state index contributed by atoms with van der Waals surface area (Å²) < 4.78 is 11.4. The first-order chi connectivity index (χ1) is 11.7. The van der Waals surface area contributed by atoms with Gasteiger partial charge in [0.25, 0.3) is 0 Å². The number of nitrogens with one attached hydrogen (secondary N) is 1. The number of carbonyl (C=O) groups is 1. The Labute approximate surface area is 146 Å². The van der Waals surface area contributed by atoms with Gasteiger partial charge < -0.3 is 14.8 Å². The number of benzene rings is 2. The highest BCUT2D eigenvalue weighted by Gasteiger charge is 2.17. The van der Waals surface area contributed by atoms with Crippen LogP contribution in [0.5, 0.6) is 5.75 Å². The zero-order chi connectivity index (χ0) is 16.8. The molecule has 3 rings (SSSR count). The Hall–Kier alpha value is -2.04. The molecule has 24 heavy (non-hydrogen) atoms. The molecule has 1 N–H and O–H groups in total. The Morgan fingerprint density at radius 2 is 2.00 bits per heavy atom. The van der Waals surface area contributed by atoms with Crippen LogP contribution in [0.1, 0.15) is 18.4 Å². The van der Waals surface area contributed by atoms with E-state index in [1.165, 1.54) is 0 Å². The van der Waals surface area contributed by atoms with E-state index in [-0.39, 0.29) is 18.4 Å². The van der Waals surface area contributed by atoms with Gasteiger partial charge >= 0.3 is 0 Å². The summed E-state index contributed by atoms with van der Waals surface area (Å²) >= 11 is 5.86. The molecule has 1 heterocycles. The Bertz CT molecular complexity index is 681. The van der Waals surface area contributed by atoms with Crippen LogP contribution in [-0.2, 0) is 16.0 Å². The molecule has 0 radical (unpaired) electrons. The van der Waals surface area contributed by atoms with E-state index in [2.05, 4.69) is 5.32 Å². The fraction of sp³-hybridized carbons (Fsp3) is 0.316. The summed E-state index contributed by atoms with van der Waals surface area (Å²) in [6.45, 7) is 1.30. The molecule has 1 amide bonds. The van der Waals surface area contributed by atoms with E-state index in [0.717, 1.165) is 25.0 Å². The van der Waals surface area contributed by atoms with Crippen LogP contribution in [0.3, 0.4) is 0 Å². The summed E-state index contributed by atoms with van der Waals surface area (Å²) in [5.41, 5.74) is 1.59. The van der Waals surface area contributed by atoms with Gasteiger partial charge in [-0.15, -0.1) is 0 Å². The van der Waals surface area contributed by atoms with Crippen molar-refractivity contribution in [1.82, 2.24) is 0 Å². The van der Waals surface area contributed by atoms with E-state index >= 15 is 0 Å². The lowest BCUT2D eigenvalue weighted by atomic mass is 10.1. The molecular weight excluding hydrogens is 326 g/mol. The second-order valence-electron chi connectivity index (χ2n) is 5.79. The van der Waals surface area contributed by atoms with Crippen molar-refractivity contribution in [2.24, 2.45) is 0 Å². The maximum absolute atomic E-state index is 12.3. The van der Waals surface area contributed by atoms with Crippen molar-refractivity contribution in [2.75, 3.05) is 18.5 Å². The summed E-state index contributed by atoms with van der Waals surface area (Å²) in [4.78, 5) is 12.3. The molecule has 2 aromatic rings. The van der Waals surface area contributed by atoms with Gasteiger partial charge in [0.15, 0.2) is 0 Å². The number of carbonyl (C=O) groups excluding carboxylic acids is 1. The van der Waals surface area contributed by atoms with E-state index in [1.54, 1.807) is 12.1 Å². The minimum Gasteiger partial charge on any atom is -0.489 e. The Morgan fingerprint density at radius 1 is 1.21 bits per heavy atom. The standard InChI is InChI=1S/C19H20ClNO3/c20-15-9-7-14(8-10-15)12-19(22)21-17-5-1-2-6-18(17)24-13-16-4-3-11-23-16/h1-2,5-10,16H,3-4,11-13H2,(H,21,22)/t16-/m1/s1. The highest BCUT2D eigenvalue weighted by Crippen LogP contribution is 2.25. The van der Waals surface area contributed by atoms with Crippen LogP contribution in [0.2, 0.25) is 5.02 Å². The van der Waals surface area contributed by atoms with Crippen LogP contribution in [0.4, 0.5) is 5.69 Å². The summed E-state index contributed by atoms with van der Waals surface area (Å²) in [6, 6.07) is 14.7. The van der Waals surface area contributed by atoms with Crippen LogP contribution >= 0.6 is 11.6 Å². The summed E-state index contributed by atoms with van der Waals surface area (Å²) in [6.07, 6.45) is 2.53. The highest BCUT2D eigenvalue weighted by atomic mass is 35.5. The highest BCUT2D eigenvalue weighted by molar-refractivity contribution is 6.30. The normalized spacial score (nSPS) is 16.8. The van der Waals surface area contributed by atoms with Gasteiger partial charge in [0.05, 0.1) is 18.2 Å². The second kappa shape index (κ2) is 8.18. The molecule has 1 atom stereocenters. The lowest BCUT2D eigenvalue weighted by Gasteiger charge is -2.15. The number of rotatable bonds is 6. The van der Waals surface area contributed by atoms with Gasteiger partial charge in [-0.25, -0.2) is 0 Å². The number of ether oxygens (including phenoxy) is 2. The molecule has 1 aliphatic heterocycles. The minimum atomic E-state index is -0.0921. The van der Waals surface area contributed by atoms with Gasteiger partial charge in [0.1, 0.15) is 12.4 Å². The fourth-order valence-corrected chi connectivity index (χ4v) is 2.76. The molecule has 0 aliphatic carbocycles. The van der Waals surface area contributed by atoms with Crippen LogP contribution < -0.4 is 10.1 Å². The predicted octanol–water partition coefficient (Wildman–Crippen LogP) is 4.08. The second-order valence-corrected chi connectivity index (χ2v) is 6.23. The lowest BCUT2D eigenvalue weighted by molar-refractivity contribution is -0.115. The summed E-state index contributed by atoms with van der Waals surface area (Å²) in [5, 5.41) is 3.57. The zero-order valence-corrected chi connectivity index (χ0v) is 14.1. The molecule has 0 aromatic heterocycles. The number of amides is 1. The average Bonchev–Trinajstić information content (AvgIpc) is 3.10. The average molecular weight is 346 g/mol. The largest absolute Gasteiger partial charge is 0.489 e. The van der Waals surface area contributed by atoms with Crippen molar-refractivity contribution in [2.45, 2.75) is 25.4 Å². The van der Waals surface area contributed by atoms with E-state index < -0.39 is 0 Å². The molecule has 1 fully saturated rings. The van der Waals surface area contributed by atoms with Crippen molar-refractivity contribution < 1.29 is 14.3 Å². The number of anilines is 1. The third-order valence-corrected chi connectivity index (χ3v) is 4.14. The lowest BCUT2D eigenvalue weighted by Crippen LogP contribution is -2.18. The van der Waals surface area contributed by atoms with E-state index in [0.29, 0.717) is 23.1 Å². The van der Waals surface area contributed by atoms with E-state index in [9.17, 15) is 4.79 Å². The van der Waals surface area contributed by atoms with Crippen molar-refractivity contribution >= 4 is 23.2 Å². The monoisotopic (exact) mass is 345 g/mol. The smallest absolute Gasteiger partial charge is 0.228 e. The van der Waals surface area contributed by atoms with Gasteiger partial charge in [-0.3, -0.25) is 4.79 Å². The third kappa shape index (κ3) is 4.73. The first kappa shape index (κ1) is 16.8. The number of para-hydroxylation sites is 2. The first-order valence-corrected chi connectivity index (χ1v) is 8.46. The molecule has 0 unspecified atom stereocenters. The summed E-state index contributed by atoms with van der Waals surface area (Å²) in [5.74, 6) is 0.572. The van der Waals surface area contributed by atoms with E-state index in [1.807, 2.05) is 36.4 Å². The van der Waals surface area contributed by atoms with Gasteiger partial charge in [0, 0.05) is 11.6 Å². The maximum Gasteiger partial charge on any atom is 0.228 e. The third-order valence-electron chi connectivity index (χ3n) is 3.89. The maximum atomic E-state index is 12.3. The molecule has 0 spiro atoms. The molecule has 4 nitrogen and oxygen atoms in total. The number of halogens is 1. The molecule has 1 aliphatic rings. The molecule has 0 saturated carbocycles. The van der Waals surface area contributed by atoms with Crippen LogP contribution in [0.15, 0.2) is 48.5 Å². The Kier molecular flexibility index (Phi) is 5.72. The zero-order valence-electron chi connectivity index (χ0n) is 13.3. The number of hydrogen-bond acceptors (Lipinski definition) is 3. The van der Waals surface area contributed by atoms with Gasteiger partial charge in [-0.2, -0.15) is 0 Å². The quantitative estimate of drug-likeness (QED) is 0.858. The molecule has 1 saturated heterocycles. The topological polar surface area (TPSA) is 47.6 Å². The predicted molar refractivity (Wildman–Crippen MR) is 94.7 cm³/mol. The SMILES string of the molecule is O=C(Cc1ccc(Cl)cc1)Nc1ccccc1OC[C@H]1CCCO1. The van der Waals surface area contributed by atoms with Gasteiger partial charge in [-0.1, -0.05) is 35.9 Å². The summed E-state index contributed by atoms with van der Waals surface area (Å²) in [7, 11) is 0. The molecule has 0 bridgehead atoms. The van der Waals surface area contributed by atoms with Crippen LogP contribution in [-0.4, -0.2) is 25.2 Å². The van der Waals surface area contributed by atoms with Crippen molar-refractivity contribution in [1.29, 1.82) is 0 Å². The van der Waals surface area contributed by atoms with Crippen LogP contribution in [0.25, 0.3) is 0 Å². The van der Waals surface area contributed by atoms with E-state index in [4.69, 9.17) is 21.1 Å². The number of hydrogen-bond donors (Lipinski definition) is 1. The van der Waals surface area contributed by atoms with Crippen molar-refractivity contribution in [3.63, 3.8) is 0 Å². The molecular formula is C19H20ClNO3. The van der Waals surface area contributed by atoms with Gasteiger partial charge in [0.2, 0.25) is 5.91 Å². The van der Waals surface area contributed by atoms with Crippen LogP contribution in [0, 0.1) is 0 Å². The molecule has 2 aromatic carbocycles. The fourth-order valence-electron chi connectivity index (χ4n) is 2.64. The van der Waals surface area contributed by atoms with Gasteiger partial charge in [-0.05, 0) is 42.7 Å². The Morgan fingerprint density at radius 3 is 2.75 bits per heavy atom. The molecule has 126 valence electrons. The van der Waals surface area contributed by atoms with Crippen molar-refractivity contribution in [3.8, 4) is 5.75 Å².